The lowest BCUT2D eigenvalue weighted by molar-refractivity contribution is 0.0796. The standard InChI is InChI=1S/C24H24Cl2N2O5S/c1-28(13-12-16-4-11-22(32-2)23(14-16)33-3)24(29)20-15-19(9-10-21(20)26)34(30,31)27-18-7-5-17(25)6-8-18/h4-11,14-15,27H,12-13H2,1-3H3. The molecule has 0 spiro atoms. The highest BCUT2D eigenvalue weighted by Crippen LogP contribution is 2.28. The molecule has 0 aliphatic heterocycles. The molecule has 0 saturated heterocycles. The van der Waals surface area contributed by atoms with Crippen LogP contribution in [0, 0.1) is 0 Å². The van der Waals surface area contributed by atoms with Gasteiger partial charge in [0.05, 0.1) is 29.7 Å². The van der Waals surface area contributed by atoms with Gasteiger partial charge in [-0.15, -0.1) is 0 Å². The molecule has 7 nitrogen and oxygen atoms in total. The van der Waals surface area contributed by atoms with Gasteiger partial charge in [0.15, 0.2) is 11.5 Å². The molecule has 3 aromatic carbocycles. The summed E-state index contributed by atoms with van der Waals surface area (Å²) in [6, 6.07) is 15.8. The molecule has 3 aromatic rings. The van der Waals surface area contributed by atoms with Crippen LogP contribution in [0.15, 0.2) is 65.6 Å². The molecule has 0 aromatic heterocycles. The van der Waals surface area contributed by atoms with Crippen LogP contribution in [0.25, 0.3) is 0 Å². The third-order valence-corrected chi connectivity index (χ3v) is 7.07. The Morgan fingerprint density at radius 3 is 2.26 bits per heavy atom. The number of nitrogens with zero attached hydrogens (tertiary/aromatic N) is 1. The first-order valence-electron chi connectivity index (χ1n) is 10.2. The molecule has 0 bridgehead atoms. The number of anilines is 1. The van der Waals surface area contributed by atoms with Crippen molar-refractivity contribution in [2.45, 2.75) is 11.3 Å². The number of likely N-dealkylation sites (N-methyl/N-ethyl adjacent to an activating group) is 1. The Balaban J connectivity index is 1.75. The minimum atomic E-state index is -3.94. The monoisotopic (exact) mass is 522 g/mol. The highest BCUT2D eigenvalue weighted by Gasteiger charge is 2.21. The van der Waals surface area contributed by atoms with Crippen LogP contribution in [-0.4, -0.2) is 47.0 Å². The van der Waals surface area contributed by atoms with Crippen molar-refractivity contribution in [1.29, 1.82) is 0 Å². The van der Waals surface area contributed by atoms with E-state index in [2.05, 4.69) is 4.72 Å². The molecule has 0 fully saturated rings. The van der Waals surface area contributed by atoms with E-state index in [-0.39, 0.29) is 15.5 Å². The summed E-state index contributed by atoms with van der Waals surface area (Å²) < 4.78 is 38.7. The Morgan fingerprint density at radius 1 is 0.941 bits per heavy atom. The van der Waals surface area contributed by atoms with E-state index < -0.39 is 15.9 Å². The van der Waals surface area contributed by atoms with E-state index in [9.17, 15) is 13.2 Å². The molecule has 34 heavy (non-hydrogen) atoms. The van der Waals surface area contributed by atoms with E-state index in [1.54, 1.807) is 51.6 Å². The lowest BCUT2D eigenvalue weighted by Crippen LogP contribution is -2.29. The first-order valence-corrected chi connectivity index (χ1v) is 12.4. The summed E-state index contributed by atoms with van der Waals surface area (Å²) in [7, 11) is 0.809. The molecule has 0 heterocycles. The molecule has 0 saturated carbocycles. The Bertz CT molecular complexity index is 1280. The van der Waals surface area contributed by atoms with Crippen LogP contribution in [0.5, 0.6) is 11.5 Å². The van der Waals surface area contributed by atoms with Gasteiger partial charge in [0, 0.05) is 24.3 Å². The van der Waals surface area contributed by atoms with Crippen LogP contribution in [0.1, 0.15) is 15.9 Å². The Hall–Kier alpha value is -2.94. The third-order valence-electron chi connectivity index (χ3n) is 5.11. The fraction of sp³-hybridized carbons (Fsp3) is 0.208. The summed E-state index contributed by atoms with van der Waals surface area (Å²) in [6.07, 6.45) is 0.552. The largest absolute Gasteiger partial charge is 0.493 e. The predicted molar refractivity (Wildman–Crippen MR) is 134 cm³/mol. The molecule has 10 heteroatoms. The zero-order valence-corrected chi connectivity index (χ0v) is 21.2. The number of methoxy groups -OCH3 is 2. The van der Waals surface area contributed by atoms with Crippen LogP contribution in [0.3, 0.4) is 0 Å². The average molecular weight is 523 g/mol. The quantitative estimate of drug-likeness (QED) is 0.421. The highest BCUT2D eigenvalue weighted by molar-refractivity contribution is 7.92. The van der Waals surface area contributed by atoms with Crippen LogP contribution in [0.4, 0.5) is 5.69 Å². The Labute approximate surface area is 209 Å². The van der Waals surface area contributed by atoms with Crippen molar-refractivity contribution >= 4 is 44.8 Å². The van der Waals surface area contributed by atoms with Crippen LogP contribution >= 0.6 is 23.2 Å². The average Bonchev–Trinajstić information content (AvgIpc) is 2.83. The molecule has 1 amide bonds. The van der Waals surface area contributed by atoms with E-state index in [4.69, 9.17) is 32.7 Å². The number of nitrogens with one attached hydrogen (secondary N) is 1. The minimum Gasteiger partial charge on any atom is -0.493 e. The topological polar surface area (TPSA) is 84.9 Å². The van der Waals surface area contributed by atoms with Crippen molar-refractivity contribution in [3.63, 3.8) is 0 Å². The normalized spacial score (nSPS) is 11.1. The molecule has 1 N–H and O–H groups in total. The van der Waals surface area contributed by atoms with Crippen molar-refractivity contribution in [3.05, 3.63) is 81.8 Å². The number of rotatable bonds is 9. The second-order valence-corrected chi connectivity index (χ2v) is 9.95. The smallest absolute Gasteiger partial charge is 0.261 e. The first-order chi connectivity index (χ1) is 16.1. The number of carbonyl (C=O) groups excluding carboxylic acids is 1. The Morgan fingerprint density at radius 2 is 1.62 bits per heavy atom. The number of benzene rings is 3. The van der Waals surface area contributed by atoms with Gasteiger partial charge in [-0.2, -0.15) is 0 Å². The SMILES string of the molecule is COc1ccc(CCN(C)C(=O)c2cc(S(=O)(=O)Nc3ccc(Cl)cc3)ccc2Cl)cc1OC. The predicted octanol–water partition coefficient (Wildman–Crippen LogP) is 5.13. The van der Waals surface area contributed by atoms with Gasteiger partial charge < -0.3 is 14.4 Å². The second kappa shape index (κ2) is 11.0. The molecule has 3 rings (SSSR count). The number of ether oxygens (including phenoxy) is 2. The maximum absolute atomic E-state index is 13.1. The van der Waals surface area contributed by atoms with E-state index in [0.29, 0.717) is 35.2 Å². The summed E-state index contributed by atoms with van der Waals surface area (Å²) in [5.41, 5.74) is 1.39. The van der Waals surface area contributed by atoms with Gasteiger partial charge in [0.25, 0.3) is 15.9 Å². The molecule has 0 aliphatic rings. The van der Waals surface area contributed by atoms with Crippen molar-refractivity contribution < 1.29 is 22.7 Å². The van der Waals surface area contributed by atoms with Crippen LogP contribution in [-0.2, 0) is 16.4 Å². The van der Waals surface area contributed by atoms with E-state index in [0.717, 1.165) is 5.56 Å². The molecule has 0 radical (unpaired) electrons. The van der Waals surface area contributed by atoms with E-state index in [1.807, 2.05) is 12.1 Å². The maximum Gasteiger partial charge on any atom is 0.261 e. The van der Waals surface area contributed by atoms with Gasteiger partial charge in [0.1, 0.15) is 0 Å². The zero-order chi connectivity index (χ0) is 24.9. The third kappa shape index (κ3) is 6.14. The molecule has 0 unspecified atom stereocenters. The van der Waals surface area contributed by atoms with Gasteiger partial charge in [-0.1, -0.05) is 29.3 Å². The summed E-state index contributed by atoms with van der Waals surface area (Å²) in [5.74, 6) is 0.824. The molecular formula is C24H24Cl2N2O5S. The number of hydrogen-bond acceptors (Lipinski definition) is 5. The molecular weight excluding hydrogens is 499 g/mol. The summed E-state index contributed by atoms with van der Waals surface area (Å²) in [6.45, 7) is 0.380. The van der Waals surface area contributed by atoms with Gasteiger partial charge in [-0.05, 0) is 66.6 Å². The van der Waals surface area contributed by atoms with Crippen LogP contribution in [0.2, 0.25) is 10.0 Å². The van der Waals surface area contributed by atoms with Gasteiger partial charge >= 0.3 is 0 Å². The van der Waals surface area contributed by atoms with Crippen LogP contribution < -0.4 is 14.2 Å². The minimum absolute atomic E-state index is 0.0801. The fourth-order valence-corrected chi connectivity index (χ4v) is 4.62. The number of hydrogen-bond donors (Lipinski definition) is 1. The summed E-state index contributed by atoms with van der Waals surface area (Å²) in [5, 5.41) is 0.645. The van der Waals surface area contributed by atoms with E-state index >= 15 is 0 Å². The highest BCUT2D eigenvalue weighted by atomic mass is 35.5. The van der Waals surface area contributed by atoms with Crippen molar-refractivity contribution in [1.82, 2.24) is 4.90 Å². The van der Waals surface area contributed by atoms with Gasteiger partial charge in [-0.3, -0.25) is 9.52 Å². The lowest BCUT2D eigenvalue weighted by atomic mass is 10.1. The first kappa shape index (κ1) is 25.7. The van der Waals surface area contributed by atoms with Gasteiger partial charge in [0.2, 0.25) is 0 Å². The summed E-state index contributed by atoms with van der Waals surface area (Å²) in [4.78, 5) is 14.5. The fourth-order valence-electron chi connectivity index (χ4n) is 3.21. The number of halogens is 2. The second-order valence-electron chi connectivity index (χ2n) is 7.42. The maximum atomic E-state index is 13.1. The van der Waals surface area contributed by atoms with Crippen molar-refractivity contribution in [3.8, 4) is 11.5 Å². The molecule has 0 aliphatic carbocycles. The number of amides is 1. The number of carbonyl (C=O) groups is 1. The van der Waals surface area contributed by atoms with Crippen molar-refractivity contribution in [2.75, 3.05) is 32.5 Å². The number of sulfonamides is 1. The van der Waals surface area contributed by atoms with E-state index in [1.165, 1.54) is 23.1 Å². The zero-order valence-electron chi connectivity index (χ0n) is 18.8. The van der Waals surface area contributed by atoms with Gasteiger partial charge in [-0.25, -0.2) is 8.42 Å². The summed E-state index contributed by atoms with van der Waals surface area (Å²) >= 11 is 12.1. The molecule has 180 valence electrons. The lowest BCUT2D eigenvalue weighted by Gasteiger charge is -2.19. The molecule has 0 atom stereocenters. The van der Waals surface area contributed by atoms with Crippen molar-refractivity contribution in [2.24, 2.45) is 0 Å². The Kier molecular flexibility index (Phi) is 8.30.